The Balaban J connectivity index is 1.38. The Kier molecular flexibility index (Phi) is 4.28. The number of pyridine rings is 1. The van der Waals surface area contributed by atoms with Crippen molar-refractivity contribution in [1.29, 1.82) is 0 Å². The van der Waals surface area contributed by atoms with Crippen molar-refractivity contribution in [3.63, 3.8) is 0 Å². The third-order valence-electron chi connectivity index (χ3n) is 5.16. The van der Waals surface area contributed by atoms with Crippen LogP contribution in [0.2, 0.25) is 0 Å². The standard InChI is InChI=1S/C18H22N4O2/c23-16(11-13-5-1-2-6-13)22-10-8-14(12-22)18-20-17(21-24-18)15-7-3-4-9-19-15/h3-4,7,9,13-14H,1-2,5-6,8,10-12H2. The van der Waals surface area contributed by atoms with Gasteiger partial charge in [-0.3, -0.25) is 9.78 Å². The van der Waals surface area contributed by atoms with Gasteiger partial charge in [0.05, 0.1) is 5.92 Å². The van der Waals surface area contributed by atoms with Crippen LogP contribution in [0.15, 0.2) is 28.9 Å². The minimum absolute atomic E-state index is 0.141. The lowest BCUT2D eigenvalue weighted by molar-refractivity contribution is -0.131. The molecule has 0 spiro atoms. The molecule has 1 amide bonds. The Morgan fingerprint density at radius 2 is 2.12 bits per heavy atom. The smallest absolute Gasteiger partial charge is 0.231 e. The Hall–Kier alpha value is -2.24. The molecule has 6 nitrogen and oxygen atoms in total. The van der Waals surface area contributed by atoms with Gasteiger partial charge < -0.3 is 9.42 Å². The molecular weight excluding hydrogens is 304 g/mol. The number of carbonyl (C=O) groups is 1. The van der Waals surface area contributed by atoms with E-state index in [0.717, 1.165) is 13.0 Å². The average molecular weight is 326 g/mol. The molecule has 126 valence electrons. The molecule has 1 aliphatic heterocycles. The topological polar surface area (TPSA) is 72.1 Å². The Morgan fingerprint density at radius 1 is 1.25 bits per heavy atom. The highest BCUT2D eigenvalue weighted by atomic mass is 16.5. The van der Waals surface area contributed by atoms with E-state index in [1.807, 2.05) is 23.1 Å². The fourth-order valence-corrected chi connectivity index (χ4v) is 3.78. The zero-order chi connectivity index (χ0) is 16.4. The highest BCUT2D eigenvalue weighted by Gasteiger charge is 2.32. The van der Waals surface area contributed by atoms with Gasteiger partial charge in [-0.25, -0.2) is 0 Å². The highest BCUT2D eigenvalue weighted by Crippen LogP contribution is 2.31. The second-order valence-electron chi connectivity index (χ2n) is 6.85. The van der Waals surface area contributed by atoms with E-state index >= 15 is 0 Å². The maximum Gasteiger partial charge on any atom is 0.231 e. The predicted octanol–water partition coefficient (Wildman–Crippen LogP) is 3.03. The fourth-order valence-electron chi connectivity index (χ4n) is 3.78. The molecule has 2 aliphatic rings. The number of hydrogen-bond acceptors (Lipinski definition) is 5. The van der Waals surface area contributed by atoms with E-state index in [-0.39, 0.29) is 11.8 Å². The fraction of sp³-hybridized carbons (Fsp3) is 0.556. The van der Waals surface area contributed by atoms with Gasteiger partial charge in [0, 0.05) is 25.7 Å². The van der Waals surface area contributed by atoms with E-state index in [0.29, 0.717) is 36.3 Å². The quantitative estimate of drug-likeness (QED) is 0.863. The molecule has 0 bridgehead atoms. The molecule has 1 atom stereocenters. The van der Waals surface area contributed by atoms with Crippen molar-refractivity contribution in [3.05, 3.63) is 30.3 Å². The minimum atomic E-state index is 0.141. The number of hydrogen-bond donors (Lipinski definition) is 0. The maximum atomic E-state index is 12.5. The van der Waals surface area contributed by atoms with Crippen molar-refractivity contribution in [1.82, 2.24) is 20.0 Å². The van der Waals surface area contributed by atoms with E-state index in [1.54, 1.807) is 6.20 Å². The lowest BCUT2D eigenvalue weighted by atomic mass is 10.0. The summed E-state index contributed by atoms with van der Waals surface area (Å²) in [5.74, 6) is 2.15. The van der Waals surface area contributed by atoms with Crippen molar-refractivity contribution in [3.8, 4) is 11.5 Å². The number of rotatable bonds is 4. The zero-order valence-corrected chi connectivity index (χ0v) is 13.7. The molecule has 24 heavy (non-hydrogen) atoms. The summed E-state index contributed by atoms with van der Waals surface area (Å²) in [6.45, 7) is 1.48. The summed E-state index contributed by atoms with van der Waals surface area (Å²) >= 11 is 0. The molecule has 1 saturated heterocycles. The maximum absolute atomic E-state index is 12.5. The van der Waals surface area contributed by atoms with Gasteiger partial charge in [0.25, 0.3) is 0 Å². The van der Waals surface area contributed by atoms with Crippen molar-refractivity contribution in [2.75, 3.05) is 13.1 Å². The summed E-state index contributed by atoms with van der Waals surface area (Å²) < 4.78 is 5.43. The lowest BCUT2D eigenvalue weighted by Crippen LogP contribution is -2.29. The third-order valence-corrected chi connectivity index (χ3v) is 5.16. The average Bonchev–Trinajstić information content (AvgIpc) is 3.36. The van der Waals surface area contributed by atoms with Crippen LogP contribution in [0.1, 0.15) is 50.3 Å². The number of carbonyl (C=O) groups excluding carboxylic acids is 1. The predicted molar refractivity (Wildman–Crippen MR) is 88.0 cm³/mol. The second kappa shape index (κ2) is 6.71. The van der Waals surface area contributed by atoms with Gasteiger partial charge in [-0.05, 0) is 37.3 Å². The third kappa shape index (κ3) is 3.18. The number of nitrogens with zero attached hydrogens (tertiary/aromatic N) is 4. The van der Waals surface area contributed by atoms with Gasteiger partial charge in [0.2, 0.25) is 17.6 Å². The van der Waals surface area contributed by atoms with Gasteiger partial charge in [0.1, 0.15) is 5.69 Å². The van der Waals surface area contributed by atoms with Gasteiger partial charge in [0.15, 0.2) is 0 Å². The Morgan fingerprint density at radius 3 is 2.92 bits per heavy atom. The van der Waals surface area contributed by atoms with Crippen molar-refractivity contribution in [2.45, 2.75) is 44.4 Å². The lowest BCUT2D eigenvalue weighted by Gasteiger charge is -2.18. The van der Waals surface area contributed by atoms with E-state index in [2.05, 4.69) is 15.1 Å². The van der Waals surface area contributed by atoms with Crippen molar-refractivity contribution >= 4 is 5.91 Å². The van der Waals surface area contributed by atoms with Crippen LogP contribution in [0.3, 0.4) is 0 Å². The largest absolute Gasteiger partial charge is 0.342 e. The minimum Gasteiger partial charge on any atom is -0.342 e. The van der Waals surface area contributed by atoms with Crippen molar-refractivity contribution < 1.29 is 9.32 Å². The molecular formula is C18H22N4O2. The summed E-state index contributed by atoms with van der Waals surface area (Å²) in [4.78, 5) is 23.1. The Labute approximate surface area is 141 Å². The molecule has 1 aliphatic carbocycles. The molecule has 1 saturated carbocycles. The van der Waals surface area contributed by atoms with Gasteiger partial charge >= 0.3 is 0 Å². The molecule has 0 aromatic carbocycles. The first-order valence-electron chi connectivity index (χ1n) is 8.82. The van der Waals surface area contributed by atoms with E-state index in [1.165, 1.54) is 25.7 Å². The van der Waals surface area contributed by atoms with Crippen LogP contribution in [0.25, 0.3) is 11.5 Å². The summed E-state index contributed by atoms with van der Waals surface area (Å²) in [7, 11) is 0. The molecule has 4 rings (SSSR count). The van der Waals surface area contributed by atoms with Crippen LogP contribution < -0.4 is 0 Å². The number of likely N-dealkylation sites (tertiary alicyclic amines) is 1. The number of aromatic nitrogens is 3. The van der Waals surface area contributed by atoms with Crippen LogP contribution in [0, 0.1) is 5.92 Å². The normalized spacial score (nSPS) is 21.5. The molecule has 3 heterocycles. The first kappa shape index (κ1) is 15.3. The van der Waals surface area contributed by atoms with Crippen LogP contribution in [-0.4, -0.2) is 39.0 Å². The first-order valence-corrected chi connectivity index (χ1v) is 8.82. The van der Waals surface area contributed by atoms with E-state index in [9.17, 15) is 4.79 Å². The van der Waals surface area contributed by atoms with Gasteiger partial charge in [-0.2, -0.15) is 4.98 Å². The summed E-state index contributed by atoms with van der Waals surface area (Å²) in [6.07, 6.45) is 8.28. The van der Waals surface area contributed by atoms with Gasteiger partial charge in [-0.1, -0.05) is 24.1 Å². The SMILES string of the molecule is O=C(CC1CCCC1)N1CCC(c2nc(-c3ccccn3)no2)C1. The highest BCUT2D eigenvalue weighted by molar-refractivity contribution is 5.76. The number of amides is 1. The molecule has 2 aromatic rings. The van der Waals surface area contributed by atoms with Crippen molar-refractivity contribution in [2.24, 2.45) is 5.92 Å². The zero-order valence-electron chi connectivity index (χ0n) is 13.7. The van der Waals surface area contributed by atoms with Crippen LogP contribution >= 0.6 is 0 Å². The van der Waals surface area contributed by atoms with Gasteiger partial charge in [-0.15, -0.1) is 0 Å². The summed E-state index contributed by atoms with van der Waals surface area (Å²) in [5.41, 5.74) is 0.708. The molecule has 0 radical (unpaired) electrons. The first-order chi connectivity index (χ1) is 11.8. The molecule has 2 fully saturated rings. The summed E-state index contributed by atoms with van der Waals surface area (Å²) in [6, 6.07) is 5.62. The molecule has 0 N–H and O–H groups in total. The van der Waals surface area contributed by atoms with Crippen LogP contribution in [0.5, 0.6) is 0 Å². The second-order valence-corrected chi connectivity index (χ2v) is 6.85. The van der Waals surface area contributed by atoms with E-state index < -0.39 is 0 Å². The van der Waals surface area contributed by atoms with Crippen LogP contribution in [-0.2, 0) is 4.79 Å². The molecule has 1 unspecified atom stereocenters. The molecule has 6 heteroatoms. The summed E-state index contributed by atoms with van der Waals surface area (Å²) in [5, 5.41) is 4.03. The van der Waals surface area contributed by atoms with Crippen LogP contribution in [0.4, 0.5) is 0 Å². The Bertz CT molecular complexity index is 694. The molecule has 2 aromatic heterocycles. The monoisotopic (exact) mass is 326 g/mol. The van der Waals surface area contributed by atoms with E-state index in [4.69, 9.17) is 4.52 Å².